The number of hydrogen-bond acceptors (Lipinski definition) is 1. The molecule has 0 aliphatic heterocycles. The van der Waals surface area contributed by atoms with Gasteiger partial charge in [-0.1, -0.05) is 0 Å². The summed E-state index contributed by atoms with van der Waals surface area (Å²) in [4.78, 5) is 9.36. The van der Waals surface area contributed by atoms with Crippen LogP contribution in [-0.2, 0) is 22.5 Å². The molecule has 0 aliphatic carbocycles. The molecule has 0 fully saturated rings. The molecule has 0 bridgehead atoms. The Hall–Kier alpha value is -0.211. The molecular weight excluding hydrogens is 116 g/mol. The Balaban J connectivity index is -0.0000000200. The van der Waals surface area contributed by atoms with E-state index in [4.69, 9.17) is 10.4 Å². The van der Waals surface area contributed by atoms with Crippen LogP contribution in [0.25, 0.3) is 5.53 Å². The second kappa shape index (κ2) is 47.3. The standard InChI is InChI=1S/Fe.N2O.O/c;1-2-3;/q+2;;-2. The first-order valence-electron chi connectivity index (χ1n) is 0.383. The SMILES string of the molecule is [Fe+2].[N-]=[N+]=O.[O-2]. The molecule has 0 atom stereocenters. The summed E-state index contributed by atoms with van der Waals surface area (Å²) in [5.41, 5.74) is 6.64. The van der Waals surface area contributed by atoms with Gasteiger partial charge in [-0.05, 0) is 0 Å². The first-order chi connectivity index (χ1) is 1.41. The average molecular weight is 116 g/mol. The Morgan fingerprint density at radius 2 is 1.60 bits per heavy atom. The van der Waals surface area contributed by atoms with Gasteiger partial charge in [-0.15, -0.1) is 0 Å². The van der Waals surface area contributed by atoms with Crippen LogP contribution in [0.5, 0.6) is 0 Å². The van der Waals surface area contributed by atoms with Crippen LogP contribution in [-0.4, -0.2) is 0 Å². The number of nitroso groups, excluding NO2 is 1. The van der Waals surface area contributed by atoms with Crippen molar-refractivity contribution in [2.45, 2.75) is 0 Å². The van der Waals surface area contributed by atoms with E-state index in [1.54, 1.807) is 0 Å². The fourth-order valence-corrected chi connectivity index (χ4v) is 0. The summed E-state index contributed by atoms with van der Waals surface area (Å²) in [6, 6.07) is 0. The maximum Gasteiger partial charge on any atom is 2.00 e. The van der Waals surface area contributed by atoms with Crippen molar-refractivity contribution in [2.24, 2.45) is 0 Å². The van der Waals surface area contributed by atoms with Crippen molar-refractivity contribution in [3.05, 3.63) is 10.4 Å². The summed E-state index contributed by atoms with van der Waals surface area (Å²) >= 11 is 0. The minimum absolute atomic E-state index is 0. The largest absolute Gasteiger partial charge is 2.00 e. The summed E-state index contributed by atoms with van der Waals surface area (Å²) in [5, 5.41) is 0. The molecule has 0 aromatic carbocycles. The van der Waals surface area contributed by atoms with Crippen molar-refractivity contribution in [2.75, 3.05) is 0 Å². The molecule has 30 valence electrons. The van der Waals surface area contributed by atoms with Gasteiger partial charge in [0.15, 0.2) is 4.91 Å². The van der Waals surface area contributed by atoms with Crippen molar-refractivity contribution in [1.82, 2.24) is 4.97 Å². The molecule has 0 saturated heterocycles. The van der Waals surface area contributed by atoms with E-state index in [0.717, 1.165) is 0 Å². The van der Waals surface area contributed by atoms with Crippen LogP contribution in [0, 0.1) is 4.91 Å². The molecule has 0 saturated carbocycles. The van der Waals surface area contributed by atoms with Gasteiger partial charge in [0.05, 0.1) is 0 Å². The Labute approximate surface area is 38.8 Å². The minimum atomic E-state index is 0. The average Bonchev–Trinajstić information content (AvgIpc) is 0.918. The van der Waals surface area contributed by atoms with Crippen LogP contribution in [0.1, 0.15) is 0 Å². The van der Waals surface area contributed by atoms with Crippen LogP contribution in [0.2, 0.25) is 0 Å². The molecule has 0 unspecified atom stereocenters. The molecule has 5 heavy (non-hydrogen) atoms. The van der Waals surface area contributed by atoms with Gasteiger partial charge in [-0.3, -0.25) is 5.53 Å². The molecule has 4 nitrogen and oxygen atoms in total. The van der Waals surface area contributed by atoms with Gasteiger partial charge >= 0.3 is 17.1 Å². The van der Waals surface area contributed by atoms with Crippen LogP contribution in [0.4, 0.5) is 0 Å². The molecule has 5 heteroatoms. The van der Waals surface area contributed by atoms with Crippen LogP contribution >= 0.6 is 0 Å². The maximum absolute atomic E-state index is 8.11. The fourth-order valence-electron chi connectivity index (χ4n) is 0. The van der Waals surface area contributed by atoms with Gasteiger partial charge in [-0.25, -0.2) is 0 Å². The van der Waals surface area contributed by atoms with Gasteiger partial charge in [-0.2, -0.15) is 0 Å². The Morgan fingerprint density at radius 1 is 1.60 bits per heavy atom. The molecule has 0 radical (unpaired) electrons. The third-order valence-electron chi connectivity index (χ3n) is 0. The summed E-state index contributed by atoms with van der Waals surface area (Å²) in [6.45, 7) is 0. The Kier molecular flexibility index (Phi) is 203. The zero-order chi connectivity index (χ0) is 2.71. The Bertz CT molecular complexity index is 28.6. The van der Waals surface area contributed by atoms with Crippen molar-refractivity contribution >= 4 is 0 Å². The molecule has 0 rings (SSSR count). The third kappa shape index (κ3) is 274. The van der Waals surface area contributed by atoms with Crippen molar-refractivity contribution < 1.29 is 22.5 Å². The smallest absolute Gasteiger partial charge is 2.00 e. The summed E-state index contributed by atoms with van der Waals surface area (Å²) in [7, 11) is 0. The van der Waals surface area contributed by atoms with E-state index in [-0.39, 0.29) is 22.5 Å². The van der Waals surface area contributed by atoms with Crippen LogP contribution < -0.4 is 4.97 Å². The van der Waals surface area contributed by atoms with E-state index in [9.17, 15) is 0 Å². The van der Waals surface area contributed by atoms with Crippen molar-refractivity contribution in [3.63, 3.8) is 0 Å². The van der Waals surface area contributed by atoms with Gasteiger partial charge < -0.3 is 5.48 Å². The van der Waals surface area contributed by atoms with E-state index in [0.29, 0.717) is 0 Å². The van der Waals surface area contributed by atoms with E-state index in [2.05, 4.69) is 0 Å². The molecule has 0 amide bonds. The predicted molar refractivity (Wildman–Crippen MR) is 9.55 cm³/mol. The topological polar surface area (TPSA) is 82.0 Å². The molecule has 0 spiro atoms. The van der Waals surface area contributed by atoms with Crippen molar-refractivity contribution in [3.8, 4) is 0 Å². The molecule has 0 aromatic rings. The summed E-state index contributed by atoms with van der Waals surface area (Å²) < 4.78 is 0. The second-order valence-corrected chi connectivity index (χ2v) is 0.0816. The first-order valence-corrected chi connectivity index (χ1v) is 0.383. The van der Waals surface area contributed by atoms with Crippen LogP contribution in [0.15, 0.2) is 0 Å². The van der Waals surface area contributed by atoms with Crippen LogP contribution in [0.3, 0.4) is 0 Å². The number of nitrogens with zero attached hydrogens (tertiary/aromatic N) is 2. The quantitative estimate of drug-likeness (QED) is 0.243. The predicted octanol–water partition coefficient (Wildman–Crippen LogP) is -0.280. The molecule has 0 aromatic heterocycles. The zero-order valence-electron chi connectivity index (χ0n) is 2.06. The number of hydrogen-bond donors (Lipinski definition) is 0. The second-order valence-electron chi connectivity index (χ2n) is 0.0816. The normalized spacial score (nSPS) is 1.60. The third-order valence-corrected chi connectivity index (χ3v) is 0. The summed E-state index contributed by atoms with van der Waals surface area (Å²) in [5.74, 6) is 0. The van der Waals surface area contributed by atoms with Gasteiger partial charge in [0, 0.05) is 0 Å². The molecule has 0 N–H and O–H groups in total. The van der Waals surface area contributed by atoms with Gasteiger partial charge in [0.1, 0.15) is 4.97 Å². The number of rotatable bonds is 0. The maximum atomic E-state index is 8.11. The molecule has 0 aliphatic rings. The zero-order valence-corrected chi connectivity index (χ0v) is 3.17. The van der Waals surface area contributed by atoms with E-state index < -0.39 is 0 Å². The molecule has 0 heterocycles. The first kappa shape index (κ1) is 21.5. The monoisotopic (exact) mass is 116 g/mol. The van der Waals surface area contributed by atoms with E-state index >= 15 is 0 Å². The van der Waals surface area contributed by atoms with Gasteiger partial charge in [0.25, 0.3) is 0 Å². The van der Waals surface area contributed by atoms with E-state index in [1.165, 1.54) is 4.97 Å². The van der Waals surface area contributed by atoms with Gasteiger partial charge in [0.2, 0.25) is 0 Å². The Morgan fingerprint density at radius 3 is 1.60 bits per heavy atom. The van der Waals surface area contributed by atoms with E-state index in [1.807, 2.05) is 0 Å². The van der Waals surface area contributed by atoms with Crippen molar-refractivity contribution in [1.29, 1.82) is 0 Å². The molecular formula is FeN2O2. The minimum Gasteiger partial charge on any atom is -2.00 e. The summed E-state index contributed by atoms with van der Waals surface area (Å²) in [6.07, 6.45) is 0. The fraction of sp³-hybridized carbons (Fsp3) is 0.